The fourth-order valence-electron chi connectivity index (χ4n) is 3.14. The molecule has 0 saturated heterocycles. The number of anilines is 1. The Morgan fingerprint density at radius 3 is 2.59 bits per heavy atom. The van der Waals surface area contributed by atoms with Crippen molar-refractivity contribution < 1.29 is 9.53 Å². The van der Waals surface area contributed by atoms with E-state index in [4.69, 9.17) is 4.74 Å². The summed E-state index contributed by atoms with van der Waals surface area (Å²) in [5.41, 5.74) is 1.43. The number of benzene rings is 3. The average molecular weight is 428 g/mol. The molecule has 0 unspecified atom stereocenters. The Morgan fingerprint density at radius 2 is 1.75 bits per heavy atom. The zero-order chi connectivity index (χ0) is 22.5. The highest BCUT2D eigenvalue weighted by Gasteiger charge is 2.09. The second-order valence-corrected chi connectivity index (χ2v) is 7.03. The van der Waals surface area contributed by atoms with Crippen molar-refractivity contribution in [3.8, 4) is 5.75 Å². The zero-order valence-electron chi connectivity index (χ0n) is 17.2. The summed E-state index contributed by atoms with van der Waals surface area (Å²) < 4.78 is 6.41. The topological polar surface area (TPSA) is 106 Å². The molecule has 2 N–H and O–H groups in total. The van der Waals surface area contributed by atoms with Gasteiger partial charge < -0.3 is 15.0 Å². The molecule has 0 fully saturated rings. The third-order valence-corrected chi connectivity index (χ3v) is 4.79. The first-order chi connectivity index (χ1) is 15.5. The van der Waals surface area contributed by atoms with Gasteiger partial charge in [0.05, 0.1) is 17.1 Å². The highest BCUT2D eigenvalue weighted by atomic mass is 16.5. The van der Waals surface area contributed by atoms with Crippen LogP contribution in [0.3, 0.4) is 0 Å². The fourth-order valence-corrected chi connectivity index (χ4v) is 3.14. The molecule has 0 aliphatic rings. The molecule has 0 atom stereocenters. The number of aryl methyl sites for hydroxylation is 1. The Kier molecular flexibility index (Phi) is 5.94. The van der Waals surface area contributed by atoms with Gasteiger partial charge in [0.15, 0.2) is 6.61 Å². The predicted molar refractivity (Wildman–Crippen MR) is 124 cm³/mol. The van der Waals surface area contributed by atoms with Crippen molar-refractivity contribution in [2.45, 2.75) is 6.92 Å². The summed E-state index contributed by atoms with van der Waals surface area (Å²) in [4.78, 5) is 39.8. The lowest BCUT2D eigenvalue weighted by atomic mass is 10.2. The number of rotatable bonds is 6. The van der Waals surface area contributed by atoms with Gasteiger partial charge in [-0.15, -0.1) is 4.68 Å². The molecule has 3 aromatic carbocycles. The number of aromatic nitrogens is 2. The number of amides is 1. The molecule has 0 aliphatic heterocycles. The largest absolute Gasteiger partial charge is 0.483 e. The van der Waals surface area contributed by atoms with Crippen LogP contribution in [0.2, 0.25) is 0 Å². The van der Waals surface area contributed by atoms with Crippen LogP contribution in [0.5, 0.6) is 5.75 Å². The Bertz CT molecular complexity index is 1440. The van der Waals surface area contributed by atoms with E-state index in [0.29, 0.717) is 27.9 Å². The summed E-state index contributed by atoms with van der Waals surface area (Å²) in [5.74, 6) is 0.0784. The Balaban J connectivity index is 1.53. The maximum absolute atomic E-state index is 12.6. The standard InChI is InChI=1S/C24H20N4O4/c1-16-8-2-5-11-19(16)26-22(29)15-32-21-13-7-3-9-17(21)14-25-28-23(30)18-10-4-6-12-20(18)27-24(28)31/h2-14H,15H2,1H3,(H,26,29)(H,27,31). The molecule has 8 nitrogen and oxygen atoms in total. The predicted octanol–water partition coefficient (Wildman–Crippen LogP) is 2.90. The van der Waals surface area contributed by atoms with Crippen LogP contribution >= 0.6 is 0 Å². The molecule has 0 radical (unpaired) electrons. The zero-order valence-corrected chi connectivity index (χ0v) is 17.2. The van der Waals surface area contributed by atoms with E-state index in [1.165, 1.54) is 6.21 Å². The Labute approximate surface area is 182 Å². The summed E-state index contributed by atoms with van der Waals surface area (Å²) in [6.45, 7) is 1.69. The number of hydrogen-bond donors (Lipinski definition) is 2. The second kappa shape index (κ2) is 9.13. The van der Waals surface area contributed by atoms with Gasteiger partial charge in [0.2, 0.25) is 0 Å². The van der Waals surface area contributed by atoms with Crippen molar-refractivity contribution >= 4 is 28.7 Å². The molecular weight excluding hydrogens is 408 g/mol. The number of H-pyrrole nitrogens is 1. The van der Waals surface area contributed by atoms with Gasteiger partial charge in [0.25, 0.3) is 11.5 Å². The van der Waals surface area contributed by atoms with Crippen molar-refractivity contribution in [2.24, 2.45) is 5.10 Å². The number of nitrogens with zero attached hydrogens (tertiary/aromatic N) is 2. The minimum absolute atomic E-state index is 0.213. The molecule has 8 heteroatoms. The van der Waals surface area contributed by atoms with Crippen molar-refractivity contribution in [1.82, 2.24) is 9.66 Å². The van der Waals surface area contributed by atoms with Gasteiger partial charge >= 0.3 is 5.69 Å². The number of fused-ring (bicyclic) bond motifs is 1. The van der Waals surface area contributed by atoms with Gasteiger partial charge in [-0.25, -0.2) is 4.79 Å². The van der Waals surface area contributed by atoms with Crippen LogP contribution < -0.4 is 21.3 Å². The lowest BCUT2D eigenvalue weighted by Crippen LogP contribution is -2.32. The summed E-state index contributed by atoms with van der Waals surface area (Å²) in [6, 6.07) is 21.0. The van der Waals surface area contributed by atoms with E-state index in [9.17, 15) is 14.4 Å². The molecule has 1 aromatic heterocycles. The Morgan fingerprint density at radius 1 is 1.03 bits per heavy atom. The number of aromatic amines is 1. The number of para-hydroxylation sites is 3. The van der Waals surface area contributed by atoms with E-state index in [2.05, 4.69) is 15.4 Å². The first-order valence-corrected chi connectivity index (χ1v) is 9.88. The van der Waals surface area contributed by atoms with E-state index in [-0.39, 0.29) is 12.5 Å². The monoisotopic (exact) mass is 428 g/mol. The summed E-state index contributed by atoms with van der Waals surface area (Å²) in [7, 11) is 0. The molecule has 32 heavy (non-hydrogen) atoms. The highest BCUT2D eigenvalue weighted by molar-refractivity contribution is 5.93. The first-order valence-electron chi connectivity index (χ1n) is 9.88. The first kappa shape index (κ1) is 20.8. The lowest BCUT2D eigenvalue weighted by molar-refractivity contribution is -0.118. The third-order valence-electron chi connectivity index (χ3n) is 4.79. The molecule has 1 heterocycles. The molecule has 0 spiro atoms. The van der Waals surface area contributed by atoms with Crippen LogP contribution in [0.1, 0.15) is 11.1 Å². The van der Waals surface area contributed by atoms with Crippen molar-refractivity contribution in [1.29, 1.82) is 0 Å². The molecule has 160 valence electrons. The van der Waals surface area contributed by atoms with Crippen LogP contribution in [-0.2, 0) is 4.79 Å². The van der Waals surface area contributed by atoms with Gasteiger partial charge in [-0.3, -0.25) is 9.59 Å². The number of ether oxygens (including phenoxy) is 1. The summed E-state index contributed by atoms with van der Waals surface area (Å²) in [5, 5.41) is 7.20. The molecule has 0 bridgehead atoms. The van der Waals surface area contributed by atoms with Crippen LogP contribution in [0, 0.1) is 6.92 Å². The van der Waals surface area contributed by atoms with Crippen molar-refractivity contribution in [2.75, 3.05) is 11.9 Å². The number of carbonyl (C=O) groups is 1. The van der Waals surface area contributed by atoms with Gasteiger partial charge in [-0.1, -0.05) is 42.5 Å². The Hall–Kier alpha value is -4.46. The summed E-state index contributed by atoms with van der Waals surface area (Å²) >= 11 is 0. The highest BCUT2D eigenvalue weighted by Crippen LogP contribution is 2.17. The van der Waals surface area contributed by atoms with Crippen LogP contribution in [0.15, 0.2) is 87.5 Å². The van der Waals surface area contributed by atoms with Gasteiger partial charge in [0.1, 0.15) is 5.75 Å². The maximum Gasteiger partial charge on any atom is 0.349 e. The van der Waals surface area contributed by atoms with Crippen LogP contribution in [0.25, 0.3) is 10.9 Å². The van der Waals surface area contributed by atoms with E-state index in [1.54, 1.807) is 48.5 Å². The molecule has 4 aromatic rings. The van der Waals surface area contributed by atoms with Crippen LogP contribution in [-0.4, -0.2) is 28.4 Å². The van der Waals surface area contributed by atoms with Crippen molar-refractivity contribution in [3.63, 3.8) is 0 Å². The number of hydrogen-bond acceptors (Lipinski definition) is 5. The van der Waals surface area contributed by atoms with Gasteiger partial charge in [0, 0.05) is 11.3 Å². The number of carbonyl (C=O) groups excluding carboxylic acids is 1. The minimum atomic E-state index is -0.652. The lowest BCUT2D eigenvalue weighted by Gasteiger charge is -2.11. The maximum atomic E-state index is 12.6. The smallest absolute Gasteiger partial charge is 0.349 e. The quantitative estimate of drug-likeness (QED) is 0.461. The van der Waals surface area contributed by atoms with Gasteiger partial charge in [-0.05, 0) is 42.8 Å². The molecule has 4 rings (SSSR count). The minimum Gasteiger partial charge on any atom is -0.483 e. The van der Waals surface area contributed by atoms with E-state index in [0.717, 1.165) is 10.2 Å². The fraction of sp³-hybridized carbons (Fsp3) is 0.0833. The van der Waals surface area contributed by atoms with Gasteiger partial charge in [-0.2, -0.15) is 5.10 Å². The molecule has 0 aliphatic carbocycles. The summed E-state index contributed by atoms with van der Waals surface area (Å²) in [6.07, 6.45) is 1.35. The SMILES string of the molecule is Cc1ccccc1NC(=O)COc1ccccc1C=Nn1c(=O)[nH]c2ccccc2c1=O. The van der Waals surface area contributed by atoms with Crippen LogP contribution in [0.4, 0.5) is 5.69 Å². The average Bonchev–Trinajstić information content (AvgIpc) is 2.80. The second-order valence-electron chi connectivity index (χ2n) is 7.03. The molecular formula is C24H20N4O4. The normalized spacial score (nSPS) is 11.0. The van der Waals surface area contributed by atoms with Crippen molar-refractivity contribution in [3.05, 3.63) is 105 Å². The molecule has 0 saturated carbocycles. The number of nitrogens with one attached hydrogen (secondary N) is 2. The van der Waals surface area contributed by atoms with E-state index < -0.39 is 11.2 Å². The van der Waals surface area contributed by atoms with E-state index >= 15 is 0 Å². The molecule has 1 amide bonds. The van der Waals surface area contributed by atoms with E-state index in [1.807, 2.05) is 31.2 Å². The third kappa shape index (κ3) is 4.49.